The molecule has 1 amide bonds. The van der Waals surface area contributed by atoms with Gasteiger partial charge in [-0.1, -0.05) is 54.6 Å². The van der Waals surface area contributed by atoms with Crippen LogP contribution in [0.25, 0.3) is 10.8 Å². The van der Waals surface area contributed by atoms with Crippen LogP contribution >= 0.6 is 0 Å². The predicted octanol–water partition coefficient (Wildman–Crippen LogP) is 2.68. The van der Waals surface area contributed by atoms with E-state index in [1.165, 1.54) is 0 Å². The van der Waals surface area contributed by atoms with Crippen molar-refractivity contribution in [2.75, 3.05) is 5.32 Å². The Morgan fingerprint density at radius 1 is 1.07 bits per heavy atom. The zero-order chi connectivity index (χ0) is 20.0. The Balaban J connectivity index is 1.32. The Kier molecular flexibility index (Phi) is 4.17. The average Bonchev–Trinajstić information content (AvgIpc) is 3.44. The summed E-state index contributed by atoms with van der Waals surface area (Å²) in [5, 5.41) is 18.9. The Morgan fingerprint density at radius 3 is 2.66 bits per heavy atom. The van der Waals surface area contributed by atoms with Crippen molar-refractivity contribution >= 4 is 28.3 Å². The summed E-state index contributed by atoms with van der Waals surface area (Å²) >= 11 is 0. The molecule has 2 N–H and O–H groups in total. The van der Waals surface area contributed by atoms with E-state index in [0.29, 0.717) is 12.2 Å². The standard InChI is InChI=1S/C22H19N3O4/c26-21(19-17-8-9-18(29-17)20(19)22(27)28)24-15-10-23-25(12-15)11-14-6-3-5-13-4-1-2-7-16(13)14/h1-10,12,17-20H,11H2,(H,24,26)(H,27,28)/t17-,18+,19-,20+/m1/s1. The molecule has 2 aliphatic heterocycles. The van der Waals surface area contributed by atoms with Crippen LogP contribution in [0.2, 0.25) is 0 Å². The van der Waals surface area contributed by atoms with E-state index in [0.717, 1.165) is 16.3 Å². The van der Waals surface area contributed by atoms with Crippen LogP contribution < -0.4 is 5.32 Å². The number of aliphatic carboxylic acids is 1. The summed E-state index contributed by atoms with van der Waals surface area (Å²) < 4.78 is 7.32. The number of fused-ring (bicyclic) bond motifs is 3. The number of carbonyl (C=O) groups is 2. The minimum atomic E-state index is -1.02. The fourth-order valence-corrected chi connectivity index (χ4v) is 4.26. The van der Waals surface area contributed by atoms with E-state index < -0.39 is 30.0 Å². The minimum Gasteiger partial charge on any atom is -0.481 e. The number of nitrogens with one attached hydrogen (secondary N) is 1. The van der Waals surface area contributed by atoms with E-state index in [-0.39, 0.29) is 5.91 Å². The van der Waals surface area contributed by atoms with Crippen molar-refractivity contribution in [3.8, 4) is 0 Å². The van der Waals surface area contributed by atoms with Crippen LogP contribution in [0.4, 0.5) is 5.69 Å². The van der Waals surface area contributed by atoms with Crippen molar-refractivity contribution in [3.05, 3.63) is 72.6 Å². The van der Waals surface area contributed by atoms with Gasteiger partial charge in [0.15, 0.2) is 0 Å². The van der Waals surface area contributed by atoms with Gasteiger partial charge >= 0.3 is 5.97 Å². The van der Waals surface area contributed by atoms with Crippen LogP contribution in [0.1, 0.15) is 5.56 Å². The fourth-order valence-electron chi connectivity index (χ4n) is 4.26. The highest BCUT2D eigenvalue weighted by molar-refractivity contribution is 5.96. The summed E-state index contributed by atoms with van der Waals surface area (Å²) in [5.41, 5.74) is 1.66. The number of carboxylic acid groups (broad SMARTS) is 1. The van der Waals surface area contributed by atoms with E-state index in [4.69, 9.17) is 4.74 Å². The van der Waals surface area contributed by atoms with Gasteiger partial charge in [-0.05, 0) is 16.3 Å². The molecule has 7 heteroatoms. The SMILES string of the molecule is O=C(O)[C@@H]1[C@H](C(=O)Nc2cnn(Cc3cccc4ccccc34)c2)[C@H]2C=C[C@@H]1O2. The van der Waals surface area contributed by atoms with E-state index in [2.05, 4.69) is 34.7 Å². The first kappa shape index (κ1) is 17.6. The molecule has 0 radical (unpaired) electrons. The molecule has 29 heavy (non-hydrogen) atoms. The molecular weight excluding hydrogens is 370 g/mol. The zero-order valence-corrected chi connectivity index (χ0v) is 15.4. The molecule has 3 heterocycles. The molecule has 4 atom stereocenters. The maximum atomic E-state index is 12.7. The summed E-state index contributed by atoms with van der Waals surface area (Å²) in [4.78, 5) is 24.3. The van der Waals surface area contributed by atoms with E-state index in [1.807, 2.05) is 18.2 Å². The van der Waals surface area contributed by atoms with Crippen molar-refractivity contribution in [1.82, 2.24) is 9.78 Å². The number of ether oxygens (including phenoxy) is 1. The number of carboxylic acids is 1. The van der Waals surface area contributed by atoms with Gasteiger partial charge in [0, 0.05) is 6.20 Å². The van der Waals surface area contributed by atoms with Crippen molar-refractivity contribution in [2.24, 2.45) is 11.8 Å². The normalized spacial score (nSPS) is 24.8. The van der Waals surface area contributed by atoms with E-state index in [9.17, 15) is 14.7 Å². The number of aromatic nitrogens is 2. The summed E-state index contributed by atoms with van der Waals surface area (Å²) in [6.45, 7) is 0.564. The molecule has 0 unspecified atom stereocenters. The van der Waals surface area contributed by atoms with Crippen LogP contribution in [0.15, 0.2) is 67.0 Å². The van der Waals surface area contributed by atoms with Crippen LogP contribution in [0.5, 0.6) is 0 Å². The van der Waals surface area contributed by atoms with Gasteiger partial charge in [-0.15, -0.1) is 0 Å². The lowest BCUT2D eigenvalue weighted by molar-refractivity contribution is -0.145. The van der Waals surface area contributed by atoms with Crippen molar-refractivity contribution in [3.63, 3.8) is 0 Å². The number of anilines is 1. The highest BCUT2D eigenvalue weighted by Gasteiger charge is 2.53. The third-order valence-electron chi connectivity index (χ3n) is 5.60. The van der Waals surface area contributed by atoms with Crippen LogP contribution in [-0.4, -0.2) is 39.0 Å². The van der Waals surface area contributed by atoms with Crippen LogP contribution in [-0.2, 0) is 20.9 Å². The second-order valence-corrected chi connectivity index (χ2v) is 7.39. The molecule has 2 aromatic carbocycles. The third-order valence-corrected chi connectivity index (χ3v) is 5.60. The lowest BCUT2D eigenvalue weighted by atomic mass is 9.82. The second kappa shape index (κ2) is 6.86. The van der Waals surface area contributed by atoms with Crippen molar-refractivity contribution < 1.29 is 19.4 Å². The Hall–Kier alpha value is -3.45. The molecule has 7 nitrogen and oxygen atoms in total. The molecule has 2 aliphatic rings. The van der Waals surface area contributed by atoms with Crippen LogP contribution in [0.3, 0.4) is 0 Å². The molecule has 5 rings (SSSR count). The molecule has 0 saturated carbocycles. The van der Waals surface area contributed by atoms with Crippen LogP contribution in [0, 0.1) is 11.8 Å². The number of benzene rings is 2. The minimum absolute atomic E-state index is 0.362. The fraction of sp³-hybridized carbons (Fsp3) is 0.227. The first-order valence-corrected chi connectivity index (χ1v) is 9.47. The summed E-state index contributed by atoms with van der Waals surface area (Å²) in [6, 6.07) is 14.3. The number of hydrogen-bond donors (Lipinski definition) is 2. The lowest BCUT2D eigenvalue weighted by Gasteiger charge is -2.20. The zero-order valence-electron chi connectivity index (χ0n) is 15.4. The van der Waals surface area contributed by atoms with Gasteiger partial charge in [0.05, 0.1) is 36.6 Å². The third kappa shape index (κ3) is 3.09. The molecule has 2 bridgehead atoms. The molecule has 0 aliphatic carbocycles. The van der Waals surface area contributed by atoms with Gasteiger partial charge < -0.3 is 15.2 Å². The highest BCUT2D eigenvalue weighted by Crippen LogP contribution is 2.39. The molecule has 0 spiro atoms. The number of nitrogens with zero attached hydrogens (tertiary/aromatic N) is 2. The second-order valence-electron chi connectivity index (χ2n) is 7.39. The first-order valence-electron chi connectivity index (χ1n) is 9.47. The van der Waals surface area contributed by atoms with Gasteiger partial charge in [-0.25, -0.2) is 0 Å². The Bertz CT molecular complexity index is 1130. The van der Waals surface area contributed by atoms with Gasteiger partial charge in [0.2, 0.25) is 5.91 Å². The molecule has 1 aromatic heterocycles. The number of rotatable bonds is 5. The highest BCUT2D eigenvalue weighted by atomic mass is 16.5. The van der Waals surface area contributed by atoms with Crippen molar-refractivity contribution in [1.29, 1.82) is 0 Å². The quantitative estimate of drug-likeness (QED) is 0.655. The number of hydrogen-bond acceptors (Lipinski definition) is 4. The maximum Gasteiger partial charge on any atom is 0.310 e. The largest absolute Gasteiger partial charge is 0.481 e. The smallest absolute Gasteiger partial charge is 0.310 e. The average molecular weight is 389 g/mol. The topological polar surface area (TPSA) is 93.5 Å². The van der Waals surface area contributed by atoms with Gasteiger partial charge in [-0.3, -0.25) is 14.3 Å². The van der Waals surface area contributed by atoms with Gasteiger partial charge in [0.25, 0.3) is 0 Å². The summed E-state index contributed by atoms with van der Waals surface area (Å²) in [5.74, 6) is -2.99. The van der Waals surface area contributed by atoms with Gasteiger partial charge in [0.1, 0.15) is 5.92 Å². The molecule has 1 saturated heterocycles. The molecule has 3 aromatic rings. The number of carbonyl (C=O) groups excluding carboxylic acids is 1. The van der Waals surface area contributed by atoms with Crippen molar-refractivity contribution in [2.45, 2.75) is 18.8 Å². The molecular formula is C22H19N3O4. The van der Waals surface area contributed by atoms with E-state index in [1.54, 1.807) is 29.2 Å². The predicted molar refractivity (Wildman–Crippen MR) is 106 cm³/mol. The van der Waals surface area contributed by atoms with E-state index >= 15 is 0 Å². The Labute approximate surface area is 166 Å². The summed E-state index contributed by atoms with van der Waals surface area (Å²) in [7, 11) is 0. The van der Waals surface area contributed by atoms with Gasteiger partial charge in [-0.2, -0.15) is 5.10 Å². The lowest BCUT2D eigenvalue weighted by Crippen LogP contribution is -2.39. The monoisotopic (exact) mass is 389 g/mol. The Morgan fingerprint density at radius 2 is 1.83 bits per heavy atom. The number of amides is 1. The molecule has 1 fully saturated rings. The maximum absolute atomic E-state index is 12.7. The summed E-state index contributed by atoms with van der Waals surface area (Å²) in [6.07, 6.45) is 5.77. The molecule has 146 valence electrons. The first-order chi connectivity index (χ1) is 14.1.